The van der Waals surface area contributed by atoms with Gasteiger partial charge < -0.3 is 0 Å². The average molecular weight is 322 g/mol. The quantitative estimate of drug-likeness (QED) is 0.693. The lowest BCUT2D eigenvalue weighted by Crippen LogP contribution is -2.17. The second-order valence-electron chi connectivity index (χ2n) is 5.66. The third kappa shape index (κ3) is 4.15. The van der Waals surface area contributed by atoms with Crippen molar-refractivity contribution < 1.29 is 8.42 Å². The highest BCUT2D eigenvalue weighted by Crippen LogP contribution is 2.21. The molecule has 0 saturated heterocycles. The predicted octanol–water partition coefficient (Wildman–Crippen LogP) is 3.36. The van der Waals surface area contributed by atoms with Gasteiger partial charge in [0.1, 0.15) is 4.21 Å². The molecule has 21 heavy (non-hydrogen) atoms. The van der Waals surface area contributed by atoms with Crippen LogP contribution in [0, 0.1) is 0 Å². The van der Waals surface area contributed by atoms with E-state index in [1.54, 1.807) is 17.5 Å². The number of hydrogen-bond acceptors (Lipinski definition) is 4. The van der Waals surface area contributed by atoms with Crippen molar-refractivity contribution in [3.05, 3.63) is 52.9 Å². The lowest BCUT2D eigenvalue weighted by molar-refractivity contribution is 0.587. The molecule has 0 spiro atoms. The van der Waals surface area contributed by atoms with E-state index in [2.05, 4.69) is 30.7 Å². The summed E-state index contributed by atoms with van der Waals surface area (Å²) in [5, 5.41) is 5.52. The maximum atomic E-state index is 11.9. The standard InChI is InChI=1S/C15H18N2O2S2/c1-15(2,3)13-8-6-12(7-9-13)11-16-17-21(18,19)14-5-4-10-20-14/h4-11,17H,1-3H3/b16-11+. The molecule has 2 aromatic rings. The Kier molecular flexibility index (Phi) is 4.49. The summed E-state index contributed by atoms with van der Waals surface area (Å²) in [4.78, 5) is 2.21. The van der Waals surface area contributed by atoms with Gasteiger partial charge >= 0.3 is 0 Å². The van der Waals surface area contributed by atoms with Gasteiger partial charge in [-0.1, -0.05) is 51.1 Å². The average Bonchev–Trinajstić information content (AvgIpc) is 2.92. The first-order valence-electron chi connectivity index (χ1n) is 6.48. The van der Waals surface area contributed by atoms with Gasteiger partial charge in [0.2, 0.25) is 0 Å². The SMILES string of the molecule is CC(C)(C)c1ccc(/C=N/NS(=O)(=O)c2cccs2)cc1. The Morgan fingerprint density at radius 1 is 1.14 bits per heavy atom. The van der Waals surface area contributed by atoms with Crippen molar-refractivity contribution in [3.63, 3.8) is 0 Å². The summed E-state index contributed by atoms with van der Waals surface area (Å²) in [6, 6.07) is 11.1. The molecule has 0 saturated carbocycles. The number of sulfonamides is 1. The van der Waals surface area contributed by atoms with Crippen molar-refractivity contribution in [1.82, 2.24) is 4.83 Å². The van der Waals surface area contributed by atoms with Crippen LogP contribution in [0.15, 0.2) is 51.1 Å². The second kappa shape index (κ2) is 5.99. The van der Waals surface area contributed by atoms with Gasteiger partial charge in [-0.05, 0) is 28.0 Å². The molecule has 0 unspecified atom stereocenters. The molecule has 0 bridgehead atoms. The number of hydrogen-bond donors (Lipinski definition) is 1. The van der Waals surface area contributed by atoms with Gasteiger partial charge in [0.15, 0.2) is 0 Å². The van der Waals surface area contributed by atoms with E-state index in [0.29, 0.717) is 0 Å². The van der Waals surface area contributed by atoms with E-state index >= 15 is 0 Å². The molecule has 0 radical (unpaired) electrons. The number of benzene rings is 1. The zero-order chi connectivity index (χ0) is 15.5. The number of nitrogens with one attached hydrogen (secondary N) is 1. The first-order chi connectivity index (χ1) is 9.79. The van der Waals surface area contributed by atoms with Gasteiger partial charge in [-0.2, -0.15) is 18.4 Å². The van der Waals surface area contributed by atoms with Crippen LogP contribution in [0.2, 0.25) is 0 Å². The fraction of sp³-hybridized carbons (Fsp3) is 0.267. The van der Waals surface area contributed by atoms with Crippen LogP contribution in [-0.2, 0) is 15.4 Å². The zero-order valence-corrected chi connectivity index (χ0v) is 13.8. The fourth-order valence-corrected chi connectivity index (χ4v) is 3.47. The first-order valence-corrected chi connectivity index (χ1v) is 8.84. The molecule has 112 valence electrons. The first kappa shape index (κ1) is 15.7. The Labute approximate surface area is 129 Å². The molecule has 1 aromatic heterocycles. The summed E-state index contributed by atoms with van der Waals surface area (Å²) in [6.45, 7) is 6.43. The molecule has 4 nitrogen and oxygen atoms in total. The molecular formula is C15H18N2O2S2. The molecule has 0 amide bonds. The fourth-order valence-electron chi connectivity index (χ4n) is 1.70. The maximum Gasteiger partial charge on any atom is 0.286 e. The molecule has 0 fully saturated rings. The van der Waals surface area contributed by atoms with Crippen LogP contribution in [0.5, 0.6) is 0 Å². The smallest absolute Gasteiger partial charge is 0.199 e. The van der Waals surface area contributed by atoms with Gasteiger partial charge in [-0.15, -0.1) is 11.3 Å². The molecule has 2 rings (SSSR count). The van der Waals surface area contributed by atoms with Crippen molar-refractivity contribution in [2.45, 2.75) is 30.4 Å². The summed E-state index contributed by atoms with van der Waals surface area (Å²) >= 11 is 1.16. The van der Waals surface area contributed by atoms with E-state index in [1.807, 2.05) is 24.3 Å². The Bertz CT molecular complexity index is 710. The van der Waals surface area contributed by atoms with Crippen LogP contribution in [-0.4, -0.2) is 14.6 Å². The third-order valence-corrected chi connectivity index (χ3v) is 5.54. The van der Waals surface area contributed by atoms with E-state index in [1.165, 1.54) is 11.8 Å². The molecule has 6 heteroatoms. The Morgan fingerprint density at radius 3 is 2.33 bits per heavy atom. The third-order valence-electron chi connectivity index (χ3n) is 2.92. The Morgan fingerprint density at radius 2 is 1.81 bits per heavy atom. The molecule has 1 aromatic carbocycles. The number of rotatable bonds is 4. The van der Waals surface area contributed by atoms with E-state index in [9.17, 15) is 8.42 Å². The topological polar surface area (TPSA) is 58.5 Å². The van der Waals surface area contributed by atoms with E-state index in [-0.39, 0.29) is 9.62 Å². The normalized spacial score (nSPS) is 12.7. The molecule has 1 heterocycles. The van der Waals surface area contributed by atoms with Crippen LogP contribution >= 0.6 is 11.3 Å². The van der Waals surface area contributed by atoms with Gasteiger partial charge in [-0.25, -0.2) is 0 Å². The van der Waals surface area contributed by atoms with E-state index in [4.69, 9.17) is 0 Å². The van der Waals surface area contributed by atoms with Gasteiger partial charge in [-0.3, -0.25) is 0 Å². The summed E-state index contributed by atoms with van der Waals surface area (Å²) in [5.41, 5.74) is 2.16. The Balaban J connectivity index is 2.05. The molecule has 0 aliphatic carbocycles. The van der Waals surface area contributed by atoms with Crippen molar-refractivity contribution >= 4 is 27.6 Å². The highest BCUT2D eigenvalue weighted by Gasteiger charge is 2.14. The minimum Gasteiger partial charge on any atom is -0.199 e. The summed E-state index contributed by atoms with van der Waals surface area (Å²) in [6.07, 6.45) is 1.50. The van der Waals surface area contributed by atoms with Gasteiger partial charge in [0, 0.05) is 0 Å². The van der Waals surface area contributed by atoms with Gasteiger partial charge in [0.25, 0.3) is 10.0 Å². The number of nitrogens with zero attached hydrogens (tertiary/aromatic N) is 1. The van der Waals surface area contributed by atoms with E-state index in [0.717, 1.165) is 16.9 Å². The zero-order valence-electron chi connectivity index (χ0n) is 12.2. The lowest BCUT2D eigenvalue weighted by atomic mass is 9.87. The largest absolute Gasteiger partial charge is 0.286 e. The van der Waals surface area contributed by atoms with Crippen LogP contribution in [0.4, 0.5) is 0 Å². The lowest BCUT2D eigenvalue weighted by Gasteiger charge is -2.18. The minimum absolute atomic E-state index is 0.0937. The highest BCUT2D eigenvalue weighted by atomic mass is 32.2. The molecule has 0 aliphatic heterocycles. The van der Waals surface area contributed by atoms with Crippen LogP contribution in [0.3, 0.4) is 0 Å². The van der Waals surface area contributed by atoms with Crippen LogP contribution in [0.25, 0.3) is 0 Å². The van der Waals surface area contributed by atoms with Crippen molar-refractivity contribution in [1.29, 1.82) is 0 Å². The highest BCUT2D eigenvalue weighted by molar-refractivity contribution is 7.91. The predicted molar refractivity (Wildman–Crippen MR) is 87.4 cm³/mol. The number of thiophene rings is 1. The van der Waals surface area contributed by atoms with Crippen LogP contribution in [0.1, 0.15) is 31.9 Å². The van der Waals surface area contributed by atoms with Crippen molar-refractivity contribution in [2.24, 2.45) is 5.10 Å². The summed E-state index contributed by atoms with van der Waals surface area (Å²) in [5.74, 6) is 0. The maximum absolute atomic E-state index is 11.9. The molecular weight excluding hydrogens is 304 g/mol. The minimum atomic E-state index is -3.55. The summed E-state index contributed by atoms with van der Waals surface area (Å²) in [7, 11) is -3.55. The van der Waals surface area contributed by atoms with Crippen molar-refractivity contribution in [3.8, 4) is 0 Å². The van der Waals surface area contributed by atoms with Crippen LogP contribution < -0.4 is 4.83 Å². The van der Waals surface area contributed by atoms with Gasteiger partial charge in [0.05, 0.1) is 6.21 Å². The van der Waals surface area contributed by atoms with E-state index < -0.39 is 10.0 Å². The summed E-state index contributed by atoms with van der Waals surface area (Å²) < 4.78 is 24.0. The monoisotopic (exact) mass is 322 g/mol. The van der Waals surface area contributed by atoms with Crippen molar-refractivity contribution in [2.75, 3.05) is 0 Å². The molecule has 0 atom stereocenters. The molecule has 1 N–H and O–H groups in total. The second-order valence-corrected chi connectivity index (χ2v) is 8.49. The number of hydrazone groups is 1. The Hall–Kier alpha value is -1.66. The molecule has 0 aliphatic rings.